The van der Waals surface area contributed by atoms with Crippen molar-refractivity contribution < 1.29 is 26.8 Å². The van der Waals surface area contributed by atoms with Crippen molar-refractivity contribution in [3.05, 3.63) is 100 Å². The van der Waals surface area contributed by atoms with Gasteiger partial charge in [-0.3, -0.25) is 0 Å². The quantitative estimate of drug-likeness (QED) is 0.152. The van der Waals surface area contributed by atoms with Crippen molar-refractivity contribution in [2.45, 2.75) is 83.5 Å². The van der Waals surface area contributed by atoms with Crippen LogP contribution < -0.4 is 0 Å². The van der Waals surface area contributed by atoms with Crippen LogP contribution >= 0.6 is 0 Å². The molecule has 0 aromatic heterocycles. The number of phenols is 1. The van der Waals surface area contributed by atoms with Crippen molar-refractivity contribution in [1.82, 2.24) is 0 Å². The van der Waals surface area contributed by atoms with Gasteiger partial charge >= 0.3 is 21.7 Å². The second kappa shape index (κ2) is 16.1. The zero-order valence-electron chi connectivity index (χ0n) is 23.4. The van der Waals surface area contributed by atoms with Gasteiger partial charge in [0, 0.05) is 11.0 Å². The third-order valence-electron chi connectivity index (χ3n) is 7.40. The van der Waals surface area contributed by atoms with Gasteiger partial charge in [-0.15, -0.1) is 0 Å². The fraction of sp³-hybridized carbons (Fsp3) is 0.382. The Morgan fingerprint density at radius 1 is 0.583 bits per heavy atom. The van der Waals surface area contributed by atoms with E-state index in [0.29, 0.717) is 5.75 Å². The molecule has 0 aliphatic heterocycles. The van der Waals surface area contributed by atoms with Crippen molar-refractivity contribution >= 4 is 0 Å². The molecular formula is C34H47OTi. The zero-order chi connectivity index (χ0) is 22.4. The molecule has 193 valence electrons. The summed E-state index contributed by atoms with van der Waals surface area (Å²) in [6.45, 7) is 4.58. The molecule has 1 nitrogen and oxygen atoms in total. The van der Waals surface area contributed by atoms with E-state index in [4.69, 9.17) is 0 Å². The number of rotatable bonds is 11. The van der Waals surface area contributed by atoms with Crippen LogP contribution in [0.2, 0.25) is 0 Å². The van der Waals surface area contributed by atoms with Crippen LogP contribution in [-0.2, 0) is 27.1 Å². The Balaban J connectivity index is 0.00000306. The summed E-state index contributed by atoms with van der Waals surface area (Å²) in [4.78, 5) is 0. The van der Waals surface area contributed by atoms with Crippen molar-refractivity contribution in [3.63, 3.8) is 0 Å². The molecule has 0 atom stereocenters. The summed E-state index contributed by atoms with van der Waals surface area (Å²) in [5.74, 6) is 0.361. The van der Waals surface area contributed by atoms with Gasteiger partial charge in [-0.25, -0.2) is 0 Å². The molecule has 2 heteroatoms. The van der Waals surface area contributed by atoms with E-state index in [1.807, 2.05) is 18.2 Å². The average molecular weight is 520 g/mol. The van der Waals surface area contributed by atoms with Gasteiger partial charge in [-0.1, -0.05) is 120 Å². The van der Waals surface area contributed by atoms with E-state index in [2.05, 4.69) is 56.3 Å². The van der Waals surface area contributed by atoms with Crippen LogP contribution in [0.25, 0.3) is 22.3 Å². The minimum absolute atomic E-state index is 0. The second-order valence-corrected chi connectivity index (χ2v) is 9.53. The van der Waals surface area contributed by atoms with E-state index >= 15 is 0 Å². The zero-order valence-corrected chi connectivity index (χ0v) is 24.9. The molecule has 0 bridgehead atoms. The molecule has 0 spiro atoms. The SMILES string of the molecule is CCCCCCC1(CCCCCC)c2ccccc2-c2ccc(-c3ccccc3O)cc21.[CH3-].[CH3-].[CH3-].[Ti+3]. The molecule has 0 fully saturated rings. The van der Waals surface area contributed by atoms with Crippen molar-refractivity contribution in [2.75, 3.05) is 0 Å². The summed E-state index contributed by atoms with van der Waals surface area (Å²) in [7, 11) is 0. The number of benzene rings is 3. The number of aromatic hydroxyl groups is 1. The first-order valence-electron chi connectivity index (χ1n) is 12.7. The average Bonchev–Trinajstić information content (AvgIpc) is 3.10. The Bertz CT molecular complexity index is 1030. The van der Waals surface area contributed by atoms with E-state index in [9.17, 15) is 5.11 Å². The van der Waals surface area contributed by atoms with Gasteiger partial charge in [0.2, 0.25) is 0 Å². The maximum absolute atomic E-state index is 10.5. The molecular weight excluding hydrogens is 472 g/mol. The summed E-state index contributed by atoms with van der Waals surface area (Å²) in [5.41, 5.74) is 7.96. The number of para-hydroxylation sites is 1. The van der Waals surface area contributed by atoms with Gasteiger partial charge in [-0.05, 0) is 52.8 Å². The monoisotopic (exact) mass is 519 g/mol. The molecule has 0 amide bonds. The molecule has 4 rings (SSSR count). The Hall–Kier alpha value is -1.83. The van der Waals surface area contributed by atoms with Crippen LogP contribution in [0.5, 0.6) is 5.75 Å². The molecule has 1 aliphatic carbocycles. The molecule has 0 heterocycles. The minimum Gasteiger partial charge on any atom is -0.507 e. The van der Waals surface area contributed by atoms with Crippen LogP contribution in [0.3, 0.4) is 0 Å². The summed E-state index contributed by atoms with van der Waals surface area (Å²) in [5, 5.41) is 10.5. The van der Waals surface area contributed by atoms with Gasteiger partial charge < -0.3 is 27.4 Å². The molecule has 1 aliphatic rings. The fourth-order valence-electron chi connectivity index (χ4n) is 5.71. The largest absolute Gasteiger partial charge is 3.00 e. The summed E-state index contributed by atoms with van der Waals surface area (Å²) in [6, 6.07) is 23.7. The van der Waals surface area contributed by atoms with Crippen molar-refractivity contribution in [1.29, 1.82) is 0 Å². The Morgan fingerprint density at radius 3 is 1.69 bits per heavy atom. The number of fused-ring (bicyclic) bond motifs is 3. The smallest absolute Gasteiger partial charge is 0.507 e. The fourth-order valence-corrected chi connectivity index (χ4v) is 5.71. The predicted octanol–water partition coefficient (Wildman–Crippen LogP) is 10.6. The van der Waals surface area contributed by atoms with Gasteiger partial charge in [0.05, 0.1) is 0 Å². The molecule has 1 N–H and O–H groups in total. The van der Waals surface area contributed by atoms with E-state index < -0.39 is 0 Å². The Kier molecular flexibility index (Phi) is 15.3. The topological polar surface area (TPSA) is 20.2 Å². The van der Waals surface area contributed by atoms with Crippen LogP contribution in [0.4, 0.5) is 0 Å². The first-order valence-corrected chi connectivity index (χ1v) is 12.7. The standard InChI is InChI=1S/C31H38O.3CH3.Ti/c1-3-5-7-13-21-31(22-14-8-6-4-2)28-17-11-9-16-26(28)27-20-19-24(23-29(27)31)25-15-10-12-18-30(25)32;;;;/h9-12,15-20,23,32H,3-8,13-14,21-22H2,1-2H3;3*1H3;/q;3*-1;+3. The van der Waals surface area contributed by atoms with Gasteiger partial charge in [0.1, 0.15) is 5.75 Å². The van der Waals surface area contributed by atoms with Crippen LogP contribution in [0.1, 0.15) is 89.2 Å². The number of unbranched alkanes of at least 4 members (excludes halogenated alkanes) is 6. The second-order valence-electron chi connectivity index (χ2n) is 9.53. The van der Waals surface area contributed by atoms with Gasteiger partial charge in [0.25, 0.3) is 0 Å². The molecule has 3 aromatic carbocycles. The maximum atomic E-state index is 10.5. The van der Waals surface area contributed by atoms with Crippen molar-refractivity contribution in [2.24, 2.45) is 0 Å². The molecule has 0 saturated heterocycles. The summed E-state index contributed by atoms with van der Waals surface area (Å²) >= 11 is 0. The van der Waals surface area contributed by atoms with Gasteiger partial charge in [-0.2, -0.15) is 0 Å². The van der Waals surface area contributed by atoms with Crippen LogP contribution in [-0.4, -0.2) is 5.11 Å². The summed E-state index contributed by atoms with van der Waals surface area (Å²) < 4.78 is 0. The molecule has 1 radical (unpaired) electrons. The van der Waals surface area contributed by atoms with Crippen molar-refractivity contribution in [3.8, 4) is 28.0 Å². The Labute approximate surface area is 237 Å². The van der Waals surface area contributed by atoms with E-state index in [1.165, 1.54) is 86.5 Å². The van der Waals surface area contributed by atoms with Crippen LogP contribution in [0.15, 0.2) is 66.7 Å². The molecule has 3 aromatic rings. The van der Waals surface area contributed by atoms with E-state index in [0.717, 1.165) is 11.1 Å². The molecule has 0 unspecified atom stereocenters. The third-order valence-corrected chi connectivity index (χ3v) is 7.40. The number of phenolic OH excluding ortho intramolecular Hbond substituents is 1. The first-order chi connectivity index (χ1) is 15.7. The molecule has 0 saturated carbocycles. The number of hydrogen-bond acceptors (Lipinski definition) is 1. The Morgan fingerprint density at radius 2 is 1.11 bits per heavy atom. The van der Waals surface area contributed by atoms with E-state index in [-0.39, 0.29) is 49.4 Å². The maximum Gasteiger partial charge on any atom is 3.00 e. The van der Waals surface area contributed by atoms with Crippen LogP contribution in [0, 0.1) is 22.3 Å². The third kappa shape index (κ3) is 6.93. The normalized spacial score (nSPS) is 12.2. The predicted molar refractivity (Wildman–Crippen MR) is 157 cm³/mol. The number of hydrogen-bond donors (Lipinski definition) is 1. The van der Waals surface area contributed by atoms with Gasteiger partial charge in [0.15, 0.2) is 0 Å². The first kappa shape index (κ1) is 34.2. The van der Waals surface area contributed by atoms with E-state index in [1.54, 1.807) is 6.07 Å². The minimum atomic E-state index is 0. The molecule has 36 heavy (non-hydrogen) atoms. The summed E-state index contributed by atoms with van der Waals surface area (Å²) in [6.07, 6.45) is 12.8.